The van der Waals surface area contributed by atoms with E-state index >= 15 is 0 Å². The second kappa shape index (κ2) is 9.34. The van der Waals surface area contributed by atoms with Gasteiger partial charge in [-0.1, -0.05) is 11.8 Å². The summed E-state index contributed by atoms with van der Waals surface area (Å²) in [6, 6.07) is 7.71. The van der Waals surface area contributed by atoms with Crippen LogP contribution in [0.25, 0.3) is 5.69 Å². The number of hydrogen-bond donors (Lipinski definition) is 1. The summed E-state index contributed by atoms with van der Waals surface area (Å²) in [7, 11) is 3.29. The van der Waals surface area contributed by atoms with Crippen LogP contribution in [-0.4, -0.2) is 48.1 Å². The van der Waals surface area contributed by atoms with Gasteiger partial charge in [0.15, 0.2) is 5.16 Å². The maximum atomic E-state index is 12.1. The molecule has 1 amide bonds. The molecule has 1 atom stereocenters. The number of benzene rings is 1. The molecule has 2 rings (SSSR count). The molecule has 0 fully saturated rings. The number of carbonyl (C=O) groups is 1. The van der Waals surface area contributed by atoms with Crippen LogP contribution in [0.2, 0.25) is 0 Å². The van der Waals surface area contributed by atoms with E-state index in [0.29, 0.717) is 13.2 Å². The van der Waals surface area contributed by atoms with E-state index in [1.807, 2.05) is 42.0 Å². The lowest BCUT2D eigenvalue weighted by molar-refractivity contribution is -0.120. The molecule has 1 aromatic heterocycles. The third-order valence-electron chi connectivity index (χ3n) is 3.43. The van der Waals surface area contributed by atoms with Crippen molar-refractivity contribution in [3.63, 3.8) is 0 Å². The quantitative estimate of drug-likeness (QED) is 0.557. The number of aromatic nitrogens is 2. The summed E-state index contributed by atoms with van der Waals surface area (Å²) in [5.74, 6) is 0.803. The van der Waals surface area contributed by atoms with Crippen molar-refractivity contribution in [3.05, 3.63) is 36.7 Å². The number of carbonyl (C=O) groups excluding carboxylic acids is 1. The molecule has 1 aromatic carbocycles. The van der Waals surface area contributed by atoms with Crippen LogP contribution in [0.1, 0.15) is 13.3 Å². The minimum absolute atomic E-state index is 0.000356. The van der Waals surface area contributed by atoms with E-state index in [9.17, 15) is 4.79 Å². The van der Waals surface area contributed by atoms with Gasteiger partial charge < -0.3 is 14.8 Å². The molecule has 130 valence electrons. The first kappa shape index (κ1) is 18.4. The average molecular weight is 349 g/mol. The fourth-order valence-electron chi connectivity index (χ4n) is 2.10. The first-order chi connectivity index (χ1) is 11.7. The molecule has 24 heavy (non-hydrogen) atoms. The van der Waals surface area contributed by atoms with E-state index in [4.69, 9.17) is 9.47 Å². The molecule has 0 aliphatic rings. The van der Waals surface area contributed by atoms with Crippen LogP contribution in [0.5, 0.6) is 5.75 Å². The number of amides is 1. The highest BCUT2D eigenvalue weighted by atomic mass is 32.2. The van der Waals surface area contributed by atoms with Gasteiger partial charge in [0.1, 0.15) is 5.75 Å². The van der Waals surface area contributed by atoms with Gasteiger partial charge in [-0.15, -0.1) is 0 Å². The van der Waals surface area contributed by atoms with Crippen molar-refractivity contribution in [1.82, 2.24) is 14.9 Å². The Kier molecular flexibility index (Phi) is 7.14. The molecular formula is C17H23N3O3S. The maximum absolute atomic E-state index is 12.1. The zero-order valence-electron chi connectivity index (χ0n) is 14.2. The standard InChI is InChI=1S/C17H23N3O3S/c1-13(16(21)18-9-4-12-22-2)24-17-19-10-11-20(17)14-5-7-15(23-3)8-6-14/h5-8,10-11,13H,4,9,12H2,1-3H3,(H,18,21). The molecule has 0 spiro atoms. The molecule has 1 N–H and O–H groups in total. The lowest BCUT2D eigenvalue weighted by Crippen LogP contribution is -2.32. The third-order valence-corrected chi connectivity index (χ3v) is 4.51. The zero-order chi connectivity index (χ0) is 17.4. The number of nitrogens with one attached hydrogen (secondary N) is 1. The van der Waals surface area contributed by atoms with E-state index in [-0.39, 0.29) is 11.2 Å². The Morgan fingerprint density at radius 2 is 2.08 bits per heavy atom. The van der Waals surface area contributed by atoms with Crippen LogP contribution < -0.4 is 10.1 Å². The van der Waals surface area contributed by atoms with Gasteiger partial charge in [-0.3, -0.25) is 9.36 Å². The maximum Gasteiger partial charge on any atom is 0.233 e. The van der Waals surface area contributed by atoms with Crippen LogP contribution in [0.4, 0.5) is 0 Å². The second-order valence-electron chi connectivity index (χ2n) is 5.18. The molecule has 0 aliphatic carbocycles. The van der Waals surface area contributed by atoms with Crippen molar-refractivity contribution >= 4 is 17.7 Å². The summed E-state index contributed by atoms with van der Waals surface area (Å²) in [6.07, 6.45) is 4.42. The molecule has 7 heteroatoms. The molecule has 1 heterocycles. The van der Waals surface area contributed by atoms with Crippen molar-refractivity contribution in [2.24, 2.45) is 0 Å². The van der Waals surface area contributed by atoms with E-state index in [1.165, 1.54) is 11.8 Å². The summed E-state index contributed by atoms with van der Waals surface area (Å²) in [5, 5.41) is 3.46. The number of ether oxygens (including phenoxy) is 2. The Morgan fingerprint density at radius 1 is 1.33 bits per heavy atom. The van der Waals surface area contributed by atoms with Crippen molar-refractivity contribution in [2.75, 3.05) is 27.4 Å². The Balaban J connectivity index is 1.97. The summed E-state index contributed by atoms with van der Waals surface area (Å²) in [5.41, 5.74) is 0.975. The predicted octanol–water partition coefficient (Wildman–Crippen LogP) is 2.51. The lowest BCUT2D eigenvalue weighted by atomic mass is 10.3. The molecule has 6 nitrogen and oxygen atoms in total. The summed E-state index contributed by atoms with van der Waals surface area (Å²) < 4.78 is 12.1. The lowest BCUT2D eigenvalue weighted by Gasteiger charge is -2.13. The number of hydrogen-bond acceptors (Lipinski definition) is 5. The van der Waals surface area contributed by atoms with Crippen molar-refractivity contribution < 1.29 is 14.3 Å². The monoisotopic (exact) mass is 349 g/mol. The SMILES string of the molecule is COCCCNC(=O)C(C)Sc1nccn1-c1ccc(OC)cc1. The van der Waals surface area contributed by atoms with Gasteiger partial charge in [0.05, 0.1) is 12.4 Å². The Morgan fingerprint density at radius 3 is 2.75 bits per heavy atom. The summed E-state index contributed by atoms with van der Waals surface area (Å²) in [6.45, 7) is 3.14. The van der Waals surface area contributed by atoms with Crippen LogP contribution >= 0.6 is 11.8 Å². The minimum Gasteiger partial charge on any atom is -0.497 e. The fourth-order valence-corrected chi connectivity index (χ4v) is 3.01. The normalized spacial score (nSPS) is 12.0. The van der Waals surface area contributed by atoms with Gasteiger partial charge in [-0.2, -0.15) is 0 Å². The number of imidazole rings is 1. The average Bonchev–Trinajstić information content (AvgIpc) is 3.06. The molecule has 0 bridgehead atoms. The van der Waals surface area contributed by atoms with Gasteiger partial charge in [0.2, 0.25) is 5.91 Å². The topological polar surface area (TPSA) is 65.4 Å². The van der Waals surface area contributed by atoms with E-state index in [1.54, 1.807) is 20.4 Å². The summed E-state index contributed by atoms with van der Waals surface area (Å²) in [4.78, 5) is 16.5. The van der Waals surface area contributed by atoms with Gasteiger partial charge in [0, 0.05) is 38.3 Å². The number of methoxy groups -OCH3 is 2. The predicted molar refractivity (Wildman–Crippen MR) is 94.9 cm³/mol. The number of nitrogens with zero attached hydrogens (tertiary/aromatic N) is 2. The van der Waals surface area contributed by atoms with Crippen molar-refractivity contribution in [3.8, 4) is 11.4 Å². The molecule has 0 radical (unpaired) electrons. The van der Waals surface area contributed by atoms with Crippen LogP contribution in [0, 0.1) is 0 Å². The first-order valence-electron chi connectivity index (χ1n) is 7.76. The third kappa shape index (κ3) is 5.01. The Hall–Kier alpha value is -1.99. The number of thioether (sulfide) groups is 1. The smallest absolute Gasteiger partial charge is 0.233 e. The summed E-state index contributed by atoms with van der Waals surface area (Å²) >= 11 is 1.43. The van der Waals surface area contributed by atoms with Crippen LogP contribution in [-0.2, 0) is 9.53 Å². The highest BCUT2D eigenvalue weighted by Crippen LogP contribution is 2.25. The van der Waals surface area contributed by atoms with Crippen LogP contribution in [0.15, 0.2) is 41.8 Å². The fraction of sp³-hybridized carbons (Fsp3) is 0.412. The largest absolute Gasteiger partial charge is 0.497 e. The minimum atomic E-state index is -0.230. The van der Waals surface area contributed by atoms with Gasteiger partial charge in [-0.25, -0.2) is 4.98 Å². The molecule has 2 aromatic rings. The van der Waals surface area contributed by atoms with E-state index in [2.05, 4.69) is 10.3 Å². The zero-order valence-corrected chi connectivity index (χ0v) is 15.0. The van der Waals surface area contributed by atoms with Gasteiger partial charge in [0.25, 0.3) is 0 Å². The Bertz CT molecular complexity index is 643. The molecule has 0 saturated carbocycles. The molecule has 0 saturated heterocycles. The highest BCUT2D eigenvalue weighted by molar-refractivity contribution is 8.00. The van der Waals surface area contributed by atoms with Crippen molar-refractivity contribution in [2.45, 2.75) is 23.8 Å². The van der Waals surface area contributed by atoms with Crippen LogP contribution in [0.3, 0.4) is 0 Å². The first-order valence-corrected chi connectivity index (χ1v) is 8.64. The van der Waals surface area contributed by atoms with E-state index in [0.717, 1.165) is 23.0 Å². The molecule has 0 aliphatic heterocycles. The van der Waals surface area contributed by atoms with Gasteiger partial charge >= 0.3 is 0 Å². The highest BCUT2D eigenvalue weighted by Gasteiger charge is 2.17. The van der Waals surface area contributed by atoms with Gasteiger partial charge in [-0.05, 0) is 37.6 Å². The second-order valence-corrected chi connectivity index (χ2v) is 6.48. The van der Waals surface area contributed by atoms with Crippen molar-refractivity contribution in [1.29, 1.82) is 0 Å². The molecule has 1 unspecified atom stereocenters. The Labute approximate surface area is 146 Å². The number of rotatable bonds is 9. The van der Waals surface area contributed by atoms with E-state index < -0.39 is 0 Å². The molecular weight excluding hydrogens is 326 g/mol.